The van der Waals surface area contributed by atoms with Crippen molar-refractivity contribution in [1.29, 1.82) is 0 Å². The number of aliphatic hydroxyl groups is 2. The van der Waals surface area contributed by atoms with Crippen LogP contribution < -0.4 is 0 Å². The summed E-state index contributed by atoms with van der Waals surface area (Å²) < 4.78 is 5.37. The van der Waals surface area contributed by atoms with Crippen molar-refractivity contribution >= 4 is 0 Å². The van der Waals surface area contributed by atoms with Crippen LogP contribution in [-0.4, -0.2) is 16.7 Å². The molecule has 6 atom stereocenters. The molecule has 0 heterocycles. The van der Waals surface area contributed by atoms with E-state index in [1.165, 1.54) is 44.9 Å². The Morgan fingerprint density at radius 3 is 2.65 bits per heavy atom. The van der Waals surface area contributed by atoms with Crippen LogP contribution >= 0.6 is 0 Å². The molecule has 0 saturated heterocycles. The first-order chi connectivity index (χ1) is 10.9. The van der Waals surface area contributed by atoms with E-state index >= 15 is 0 Å². The van der Waals surface area contributed by atoms with Crippen LogP contribution in [0.15, 0.2) is 11.8 Å². The molecule has 0 radical (unpaired) electrons. The average molecular weight is 320 g/mol. The number of hydrogen-bond donors (Lipinski definition) is 2. The fraction of sp³-hybridized carbons (Fsp3) is 0.900. The predicted octanol–water partition coefficient (Wildman–Crippen LogP) is 4.20. The second-order valence-corrected chi connectivity index (χ2v) is 9.11. The van der Waals surface area contributed by atoms with Crippen LogP contribution in [0.1, 0.15) is 71.6 Å². The first-order valence-electron chi connectivity index (χ1n) is 9.68. The summed E-state index contributed by atoms with van der Waals surface area (Å²) in [4.78, 5) is 0. The third-order valence-electron chi connectivity index (χ3n) is 8.33. The molecule has 0 amide bonds. The zero-order valence-corrected chi connectivity index (χ0v) is 14.6. The van der Waals surface area contributed by atoms with E-state index in [0.717, 1.165) is 36.4 Å². The van der Waals surface area contributed by atoms with Gasteiger partial charge in [-0.05, 0) is 80.1 Å². The maximum Gasteiger partial charge on any atom is 0.310 e. The third-order valence-corrected chi connectivity index (χ3v) is 8.33. The summed E-state index contributed by atoms with van der Waals surface area (Å²) in [5.41, 5.74) is 0.575. The molecule has 0 spiro atoms. The molecule has 3 nitrogen and oxygen atoms in total. The van der Waals surface area contributed by atoms with Crippen molar-refractivity contribution in [2.45, 2.75) is 78.1 Å². The van der Waals surface area contributed by atoms with Crippen LogP contribution in [-0.2, 0) is 4.74 Å². The first kappa shape index (κ1) is 16.0. The molecule has 23 heavy (non-hydrogen) atoms. The predicted molar refractivity (Wildman–Crippen MR) is 89.1 cm³/mol. The van der Waals surface area contributed by atoms with Crippen molar-refractivity contribution in [3.8, 4) is 0 Å². The lowest BCUT2D eigenvalue weighted by Gasteiger charge is -2.60. The fourth-order valence-corrected chi connectivity index (χ4v) is 7.12. The van der Waals surface area contributed by atoms with Crippen LogP contribution in [0.5, 0.6) is 0 Å². The Labute approximate surface area is 140 Å². The Morgan fingerprint density at radius 1 is 1.04 bits per heavy atom. The van der Waals surface area contributed by atoms with Crippen molar-refractivity contribution in [3.05, 3.63) is 11.8 Å². The van der Waals surface area contributed by atoms with Crippen LogP contribution in [0.4, 0.5) is 0 Å². The lowest BCUT2D eigenvalue weighted by Crippen LogP contribution is -2.52. The summed E-state index contributed by atoms with van der Waals surface area (Å²) in [7, 11) is 0. The number of aliphatic hydroxyl groups excluding tert-OH is 1. The molecule has 3 fully saturated rings. The number of allylic oxidation sites excluding steroid dienone is 2. The van der Waals surface area contributed by atoms with Crippen LogP contribution in [0.25, 0.3) is 0 Å². The zero-order chi connectivity index (χ0) is 16.2. The standard InChI is InChI=1S/C20H32O3/c1-19-11-4-3-5-13(19)6-7-14-15-8-9-17(23-18(21)22)20(15,2)12-10-16(14)19/h9,13-16,18,21-22H,3-8,10-12H2,1-2H3/t13-,14+,15+,16+,19+,20+/m1/s1. The molecule has 0 unspecified atom stereocenters. The van der Waals surface area contributed by atoms with Gasteiger partial charge in [-0.1, -0.05) is 26.7 Å². The highest BCUT2D eigenvalue weighted by atomic mass is 16.7. The number of ether oxygens (including phenoxy) is 1. The van der Waals surface area contributed by atoms with E-state index < -0.39 is 6.48 Å². The van der Waals surface area contributed by atoms with Gasteiger partial charge in [0.05, 0.1) is 0 Å². The molecule has 4 aliphatic carbocycles. The Balaban J connectivity index is 1.58. The zero-order valence-electron chi connectivity index (χ0n) is 14.6. The largest absolute Gasteiger partial charge is 0.446 e. The smallest absolute Gasteiger partial charge is 0.310 e. The summed E-state index contributed by atoms with van der Waals surface area (Å²) >= 11 is 0. The van der Waals surface area contributed by atoms with E-state index in [2.05, 4.69) is 19.9 Å². The average Bonchev–Trinajstić information content (AvgIpc) is 2.83. The highest BCUT2D eigenvalue weighted by molar-refractivity contribution is 5.21. The van der Waals surface area contributed by atoms with Gasteiger partial charge in [-0.15, -0.1) is 0 Å². The molecule has 4 aliphatic rings. The summed E-state index contributed by atoms with van der Waals surface area (Å²) in [5, 5.41) is 18.5. The Bertz CT molecular complexity index is 499. The van der Waals surface area contributed by atoms with E-state index in [1.54, 1.807) is 0 Å². The molecule has 0 aromatic rings. The summed E-state index contributed by atoms with van der Waals surface area (Å²) in [6.07, 6.45) is 14.1. The van der Waals surface area contributed by atoms with Crippen molar-refractivity contribution in [3.63, 3.8) is 0 Å². The molecule has 0 aromatic heterocycles. The van der Waals surface area contributed by atoms with E-state index in [0.29, 0.717) is 11.3 Å². The molecule has 0 aliphatic heterocycles. The van der Waals surface area contributed by atoms with Crippen molar-refractivity contribution in [2.24, 2.45) is 34.5 Å². The Kier molecular flexibility index (Phi) is 3.81. The second kappa shape index (κ2) is 5.49. The number of hydrogen-bond acceptors (Lipinski definition) is 3. The minimum atomic E-state index is -1.68. The molecule has 3 saturated carbocycles. The topological polar surface area (TPSA) is 49.7 Å². The molecule has 4 rings (SSSR count). The van der Waals surface area contributed by atoms with Gasteiger partial charge in [0.2, 0.25) is 0 Å². The van der Waals surface area contributed by atoms with Gasteiger partial charge in [-0.2, -0.15) is 0 Å². The maximum atomic E-state index is 9.24. The van der Waals surface area contributed by atoms with E-state index in [1.807, 2.05) is 0 Å². The Hall–Kier alpha value is -0.540. The summed E-state index contributed by atoms with van der Waals surface area (Å²) in [6.45, 7) is 3.21. The summed E-state index contributed by atoms with van der Waals surface area (Å²) in [5.74, 6) is 4.08. The highest BCUT2D eigenvalue weighted by Crippen LogP contribution is 2.66. The molecular formula is C20H32O3. The number of fused-ring (bicyclic) bond motifs is 5. The van der Waals surface area contributed by atoms with Crippen LogP contribution in [0.2, 0.25) is 0 Å². The van der Waals surface area contributed by atoms with Crippen molar-refractivity contribution in [2.75, 3.05) is 0 Å². The van der Waals surface area contributed by atoms with Crippen LogP contribution in [0.3, 0.4) is 0 Å². The monoisotopic (exact) mass is 320 g/mol. The van der Waals surface area contributed by atoms with Gasteiger partial charge in [0.1, 0.15) is 5.76 Å². The normalized spacial score (nSPS) is 49.2. The minimum absolute atomic E-state index is 0.0166. The van der Waals surface area contributed by atoms with Gasteiger partial charge in [-0.25, -0.2) is 0 Å². The van der Waals surface area contributed by atoms with Gasteiger partial charge in [0.15, 0.2) is 0 Å². The van der Waals surface area contributed by atoms with Crippen LogP contribution in [0, 0.1) is 34.5 Å². The van der Waals surface area contributed by atoms with E-state index in [9.17, 15) is 10.2 Å². The molecule has 130 valence electrons. The van der Waals surface area contributed by atoms with Crippen molar-refractivity contribution < 1.29 is 14.9 Å². The highest BCUT2D eigenvalue weighted by Gasteiger charge is 2.58. The molecule has 0 bridgehead atoms. The molecule has 0 aromatic carbocycles. The van der Waals surface area contributed by atoms with Gasteiger partial charge in [-0.3, -0.25) is 0 Å². The van der Waals surface area contributed by atoms with Gasteiger partial charge < -0.3 is 14.9 Å². The molecular weight excluding hydrogens is 288 g/mol. The fourth-order valence-electron chi connectivity index (χ4n) is 7.12. The maximum absolute atomic E-state index is 9.24. The first-order valence-corrected chi connectivity index (χ1v) is 9.68. The van der Waals surface area contributed by atoms with E-state index in [-0.39, 0.29) is 5.41 Å². The molecule has 2 N–H and O–H groups in total. The lowest BCUT2D eigenvalue weighted by atomic mass is 9.45. The summed E-state index contributed by atoms with van der Waals surface area (Å²) in [6, 6.07) is 0. The molecule has 3 heteroatoms. The quantitative estimate of drug-likeness (QED) is 0.750. The van der Waals surface area contributed by atoms with Crippen molar-refractivity contribution in [1.82, 2.24) is 0 Å². The SMILES string of the molecule is C[C@]12CCCC[C@@H]1CC[C@@H]1[C@@H]2CC[C@]2(C)C(OC(O)O)=CC[C@@H]12. The van der Waals surface area contributed by atoms with Gasteiger partial charge >= 0.3 is 6.48 Å². The Morgan fingerprint density at radius 2 is 1.87 bits per heavy atom. The third kappa shape index (κ3) is 2.30. The second-order valence-electron chi connectivity index (χ2n) is 9.11. The lowest BCUT2D eigenvalue weighted by molar-refractivity contribution is -0.225. The van der Waals surface area contributed by atoms with E-state index in [4.69, 9.17) is 4.74 Å². The number of rotatable bonds is 2. The van der Waals surface area contributed by atoms with Gasteiger partial charge in [0, 0.05) is 5.41 Å². The van der Waals surface area contributed by atoms with Gasteiger partial charge in [0.25, 0.3) is 0 Å². The minimum Gasteiger partial charge on any atom is -0.446 e.